The van der Waals surface area contributed by atoms with Crippen LogP contribution in [0.3, 0.4) is 0 Å². The zero-order valence-electron chi connectivity index (χ0n) is 7.72. The molecule has 0 spiro atoms. The van der Waals surface area contributed by atoms with Gasteiger partial charge in [0.2, 0.25) is 0 Å². The van der Waals surface area contributed by atoms with Gasteiger partial charge in [0.1, 0.15) is 12.7 Å². The van der Waals surface area contributed by atoms with Crippen molar-refractivity contribution in [2.45, 2.75) is 6.10 Å². The van der Waals surface area contributed by atoms with E-state index in [0.717, 1.165) is 0 Å². The van der Waals surface area contributed by atoms with Crippen LogP contribution in [0.25, 0.3) is 0 Å². The molecule has 0 saturated carbocycles. The molecule has 1 N–H and O–H groups in total. The highest BCUT2D eigenvalue weighted by Gasteiger charge is 2.22. The predicted molar refractivity (Wildman–Crippen MR) is 45.8 cm³/mol. The third kappa shape index (κ3) is 3.71. The molecule has 1 saturated heterocycles. The van der Waals surface area contributed by atoms with Gasteiger partial charge in [-0.25, -0.2) is 0 Å². The summed E-state index contributed by atoms with van der Waals surface area (Å²) in [5.74, 6) is -0.859. The summed E-state index contributed by atoms with van der Waals surface area (Å²) < 4.78 is 9.82. The first-order chi connectivity index (χ1) is 6.72. The molecule has 0 amide bonds. The highest BCUT2D eigenvalue weighted by molar-refractivity contribution is 5.69. The Labute approximate surface area is 81.4 Å². The Hall–Kier alpha value is -1.14. The van der Waals surface area contributed by atoms with Gasteiger partial charge < -0.3 is 14.6 Å². The van der Waals surface area contributed by atoms with E-state index < -0.39 is 5.97 Å². The van der Waals surface area contributed by atoms with E-state index in [1.165, 1.54) is 0 Å². The molecule has 80 valence electrons. The molecule has 0 bridgehead atoms. The van der Waals surface area contributed by atoms with Crippen LogP contribution in [0.4, 0.5) is 0 Å². The summed E-state index contributed by atoms with van der Waals surface area (Å²) in [6, 6.07) is 0. The topological polar surface area (TPSA) is 76.1 Å². The SMILES string of the molecule is O=COCC1CN(CC(=O)O)CCO1. The van der Waals surface area contributed by atoms with Crippen molar-refractivity contribution in [3.05, 3.63) is 0 Å². The Kier molecular flexibility index (Phi) is 4.34. The fourth-order valence-corrected chi connectivity index (χ4v) is 1.36. The van der Waals surface area contributed by atoms with Gasteiger partial charge in [-0.05, 0) is 0 Å². The summed E-state index contributed by atoms with van der Waals surface area (Å²) in [7, 11) is 0. The molecule has 1 atom stereocenters. The Morgan fingerprint density at radius 3 is 3.14 bits per heavy atom. The second kappa shape index (κ2) is 5.56. The van der Waals surface area contributed by atoms with Crippen molar-refractivity contribution in [3.8, 4) is 0 Å². The van der Waals surface area contributed by atoms with Crippen LogP contribution in [-0.4, -0.2) is 61.4 Å². The van der Waals surface area contributed by atoms with Gasteiger partial charge in [-0.1, -0.05) is 0 Å². The standard InChI is InChI=1S/C8H13NO5/c10-6-13-5-7-3-9(1-2-14-7)4-8(11)12/h6-7H,1-5H2,(H,11,12). The van der Waals surface area contributed by atoms with Crippen molar-refractivity contribution in [2.75, 3.05) is 32.8 Å². The van der Waals surface area contributed by atoms with Crippen LogP contribution in [0, 0.1) is 0 Å². The van der Waals surface area contributed by atoms with Crippen LogP contribution in [0.15, 0.2) is 0 Å². The molecule has 0 radical (unpaired) electrons. The number of rotatable bonds is 5. The number of ether oxygens (including phenoxy) is 2. The van der Waals surface area contributed by atoms with E-state index in [0.29, 0.717) is 26.2 Å². The van der Waals surface area contributed by atoms with E-state index in [1.54, 1.807) is 4.90 Å². The Morgan fingerprint density at radius 1 is 1.71 bits per heavy atom. The lowest BCUT2D eigenvalue weighted by atomic mass is 10.3. The van der Waals surface area contributed by atoms with Gasteiger partial charge in [0.15, 0.2) is 0 Å². The van der Waals surface area contributed by atoms with E-state index >= 15 is 0 Å². The lowest BCUT2D eigenvalue weighted by Crippen LogP contribution is -2.46. The van der Waals surface area contributed by atoms with Crippen LogP contribution >= 0.6 is 0 Å². The second-order valence-electron chi connectivity index (χ2n) is 3.05. The van der Waals surface area contributed by atoms with Crippen LogP contribution in [0.5, 0.6) is 0 Å². The fraction of sp³-hybridized carbons (Fsp3) is 0.750. The Bertz CT molecular complexity index is 208. The van der Waals surface area contributed by atoms with Crippen molar-refractivity contribution in [3.63, 3.8) is 0 Å². The number of nitrogens with zero attached hydrogens (tertiary/aromatic N) is 1. The smallest absolute Gasteiger partial charge is 0.317 e. The van der Waals surface area contributed by atoms with E-state index in [9.17, 15) is 9.59 Å². The number of hydrogen-bond acceptors (Lipinski definition) is 5. The van der Waals surface area contributed by atoms with E-state index in [1.807, 2.05) is 0 Å². The maximum Gasteiger partial charge on any atom is 0.317 e. The molecule has 6 heteroatoms. The maximum absolute atomic E-state index is 10.4. The number of carbonyl (C=O) groups is 2. The van der Waals surface area contributed by atoms with Crippen molar-refractivity contribution in [2.24, 2.45) is 0 Å². The molecule has 1 rings (SSSR count). The lowest BCUT2D eigenvalue weighted by Gasteiger charge is -2.30. The fourth-order valence-electron chi connectivity index (χ4n) is 1.36. The van der Waals surface area contributed by atoms with Crippen LogP contribution in [-0.2, 0) is 19.1 Å². The molecule has 1 aliphatic rings. The van der Waals surface area contributed by atoms with Gasteiger partial charge in [0.05, 0.1) is 13.2 Å². The predicted octanol–water partition coefficient (Wildman–Crippen LogP) is -1.06. The average Bonchev–Trinajstić information content (AvgIpc) is 2.14. The number of carboxylic acid groups (broad SMARTS) is 1. The summed E-state index contributed by atoms with van der Waals surface area (Å²) in [6.45, 7) is 2.10. The summed E-state index contributed by atoms with van der Waals surface area (Å²) in [5.41, 5.74) is 0. The molecular formula is C8H13NO5. The van der Waals surface area contributed by atoms with Crippen molar-refractivity contribution < 1.29 is 24.2 Å². The van der Waals surface area contributed by atoms with Gasteiger partial charge in [-0.2, -0.15) is 0 Å². The summed E-state index contributed by atoms with van der Waals surface area (Å²) in [6.07, 6.45) is -0.215. The first-order valence-electron chi connectivity index (χ1n) is 4.33. The number of morpholine rings is 1. The van der Waals surface area contributed by atoms with Gasteiger partial charge >= 0.3 is 5.97 Å². The maximum atomic E-state index is 10.4. The summed E-state index contributed by atoms with van der Waals surface area (Å²) >= 11 is 0. The van der Waals surface area contributed by atoms with E-state index in [4.69, 9.17) is 9.84 Å². The molecule has 0 aromatic heterocycles. The molecule has 0 aliphatic carbocycles. The van der Waals surface area contributed by atoms with Gasteiger partial charge in [-0.3, -0.25) is 14.5 Å². The Morgan fingerprint density at radius 2 is 2.50 bits per heavy atom. The zero-order chi connectivity index (χ0) is 10.4. The van der Waals surface area contributed by atoms with E-state index in [2.05, 4.69) is 4.74 Å². The van der Waals surface area contributed by atoms with Crippen LogP contribution < -0.4 is 0 Å². The highest BCUT2D eigenvalue weighted by atomic mass is 16.6. The molecule has 0 aromatic rings. The Balaban J connectivity index is 2.27. The molecule has 1 fully saturated rings. The van der Waals surface area contributed by atoms with Crippen molar-refractivity contribution >= 4 is 12.4 Å². The third-order valence-electron chi connectivity index (χ3n) is 1.93. The van der Waals surface area contributed by atoms with Gasteiger partial charge in [0, 0.05) is 13.1 Å². The second-order valence-corrected chi connectivity index (χ2v) is 3.05. The minimum absolute atomic E-state index is 0.000942. The number of carboxylic acids is 1. The number of aliphatic carboxylic acids is 1. The molecule has 14 heavy (non-hydrogen) atoms. The first kappa shape index (κ1) is 10.9. The third-order valence-corrected chi connectivity index (χ3v) is 1.93. The average molecular weight is 203 g/mol. The van der Waals surface area contributed by atoms with Crippen LogP contribution in [0.2, 0.25) is 0 Å². The quantitative estimate of drug-likeness (QED) is 0.574. The van der Waals surface area contributed by atoms with Crippen molar-refractivity contribution in [1.82, 2.24) is 4.90 Å². The lowest BCUT2D eigenvalue weighted by molar-refractivity contribution is -0.143. The number of carbonyl (C=O) groups excluding carboxylic acids is 1. The molecule has 1 unspecified atom stereocenters. The minimum atomic E-state index is -0.859. The zero-order valence-corrected chi connectivity index (χ0v) is 7.72. The molecular weight excluding hydrogens is 190 g/mol. The normalized spacial score (nSPS) is 23.0. The molecule has 0 aromatic carbocycles. The van der Waals surface area contributed by atoms with Gasteiger partial charge in [0.25, 0.3) is 6.47 Å². The monoisotopic (exact) mass is 203 g/mol. The minimum Gasteiger partial charge on any atom is -0.480 e. The summed E-state index contributed by atoms with van der Waals surface area (Å²) in [5, 5.41) is 8.56. The van der Waals surface area contributed by atoms with Crippen LogP contribution in [0.1, 0.15) is 0 Å². The summed E-state index contributed by atoms with van der Waals surface area (Å²) in [4.78, 5) is 22.1. The molecule has 1 heterocycles. The largest absolute Gasteiger partial charge is 0.480 e. The highest BCUT2D eigenvalue weighted by Crippen LogP contribution is 2.04. The number of hydrogen-bond donors (Lipinski definition) is 1. The molecule has 1 aliphatic heterocycles. The first-order valence-corrected chi connectivity index (χ1v) is 4.33. The van der Waals surface area contributed by atoms with Crippen molar-refractivity contribution in [1.29, 1.82) is 0 Å². The van der Waals surface area contributed by atoms with Gasteiger partial charge in [-0.15, -0.1) is 0 Å². The van der Waals surface area contributed by atoms with E-state index in [-0.39, 0.29) is 19.3 Å². The molecule has 6 nitrogen and oxygen atoms in total.